The van der Waals surface area contributed by atoms with Crippen LogP contribution in [0.1, 0.15) is 37.7 Å². The van der Waals surface area contributed by atoms with Crippen LogP contribution in [-0.4, -0.2) is 36.6 Å². The van der Waals surface area contributed by atoms with Crippen LogP contribution in [0, 0.1) is 0 Å². The van der Waals surface area contributed by atoms with Crippen LogP contribution in [0.25, 0.3) is 0 Å². The second-order valence-corrected chi connectivity index (χ2v) is 8.61. The number of rotatable bonds is 10. The summed E-state index contributed by atoms with van der Waals surface area (Å²) in [6, 6.07) is 7.47. The van der Waals surface area contributed by atoms with Crippen molar-refractivity contribution in [2.24, 2.45) is 0 Å². The largest absolute Gasteiger partial charge is 0.496 e. The van der Waals surface area contributed by atoms with Crippen LogP contribution < -0.4 is 10.1 Å². The monoisotopic (exact) mass is 383 g/mol. The Morgan fingerprint density at radius 3 is 2.88 bits per heavy atom. The molecule has 0 unspecified atom stereocenters. The number of amides is 1. The van der Waals surface area contributed by atoms with Crippen molar-refractivity contribution in [3.63, 3.8) is 0 Å². The van der Waals surface area contributed by atoms with Gasteiger partial charge in [0.15, 0.2) is 6.61 Å². The summed E-state index contributed by atoms with van der Waals surface area (Å²) in [5, 5.41) is 3.47. The number of nitrogens with one attached hydrogen (secondary N) is 1. The number of para-hydroxylation sites is 1. The first-order chi connectivity index (χ1) is 12.2. The molecule has 1 N–H and O–H groups in total. The molecule has 1 aromatic carbocycles. The van der Waals surface area contributed by atoms with E-state index in [4.69, 9.17) is 9.47 Å². The minimum absolute atomic E-state index is 0.233. The van der Waals surface area contributed by atoms with Crippen LogP contribution in [0.15, 0.2) is 24.3 Å². The number of hydrogen-bond acceptors (Lipinski definition) is 6. The third-order valence-electron chi connectivity index (χ3n) is 3.92. The molecule has 0 spiro atoms. The molecule has 138 valence electrons. The Balaban J connectivity index is 1.55. The molecule has 0 radical (unpaired) electrons. The number of benzene rings is 1. The molecule has 1 aromatic rings. The molecule has 25 heavy (non-hydrogen) atoms. The van der Waals surface area contributed by atoms with Gasteiger partial charge in [-0.1, -0.05) is 46.2 Å². The maximum Gasteiger partial charge on any atom is 0.306 e. The molecule has 1 saturated heterocycles. The Morgan fingerprint density at radius 2 is 2.12 bits per heavy atom. The summed E-state index contributed by atoms with van der Waals surface area (Å²) in [6.07, 6.45) is 4.66. The smallest absolute Gasteiger partial charge is 0.306 e. The highest BCUT2D eigenvalue weighted by molar-refractivity contribution is 8.77. The van der Waals surface area contributed by atoms with Crippen molar-refractivity contribution < 1.29 is 19.1 Å². The van der Waals surface area contributed by atoms with Gasteiger partial charge in [-0.15, -0.1) is 0 Å². The van der Waals surface area contributed by atoms with Crippen LogP contribution in [0.2, 0.25) is 0 Å². The van der Waals surface area contributed by atoms with Crippen molar-refractivity contribution in [1.82, 2.24) is 5.32 Å². The Kier molecular flexibility index (Phi) is 9.04. The lowest BCUT2D eigenvalue weighted by molar-refractivity contribution is -0.148. The molecule has 0 aromatic heterocycles. The average Bonchev–Trinajstić information content (AvgIpc) is 3.15. The van der Waals surface area contributed by atoms with Gasteiger partial charge in [-0.25, -0.2) is 0 Å². The number of hydrogen-bond donors (Lipinski definition) is 1. The molecule has 1 heterocycles. The molecule has 0 bridgehead atoms. The molecular weight excluding hydrogens is 358 g/mol. The fourth-order valence-corrected chi connectivity index (χ4v) is 5.55. The van der Waals surface area contributed by atoms with Gasteiger partial charge in [0.05, 0.1) is 7.11 Å². The Hall–Kier alpha value is -1.34. The molecule has 0 saturated carbocycles. The molecule has 1 amide bonds. The highest BCUT2D eigenvalue weighted by Crippen LogP contribution is 2.39. The molecule has 1 fully saturated rings. The summed E-state index contributed by atoms with van der Waals surface area (Å²) in [4.78, 5) is 23.5. The summed E-state index contributed by atoms with van der Waals surface area (Å²) in [7, 11) is 5.49. The summed E-state index contributed by atoms with van der Waals surface area (Å²) >= 11 is 0. The van der Waals surface area contributed by atoms with E-state index >= 15 is 0 Å². The average molecular weight is 384 g/mol. The van der Waals surface area contributed by atoms with E-state index in [0.717, 1.165) is 35.8 Å². The highest BCUT2D eigenvalue weighted by Gasteiger charge is 2.16. The maximum atomic E-state index is 11.8. The van der Waals surface area contributed by atoms with Gasteiger partial charge in [0, 0.05) is 29.5 Å². The normalized spacial score (nSPS) is 16.4. The van der Waals surface area contributed by atoms with Crippen LogP contribution >= 0.6 is 21.6 Å². The number of methoxy groups -OCH3 is 1. The zero-order valence-corrected chi connectivity index (χ0v) is 16.1. The third-order valence-corrected chi connectivity index (χ3v) is 6.92. The van der Waals surface area contributed by atoms with Crippen molar-refractivity contribution >= 4 is 33.5 Å². The zero-order valence-electron chi connectivity index (χ0n) is 14.5. The highest BCUT2D eigenvalue weighted by atomic mass is 33.1. The van der Waals surface area contributed by atoms with E-state index in [2.05, 4.69) is 5.32 Å². The molecule has 2 rings (SSSR count). The van der Waals surface area contributed by atoms with E-state index in [1.807, 2.05) is 45.9 Å². The van der Waals surface area contributed by atoms with Gasteiger partial charge in [0.25, 0.3) is 5.91 Å². The second-order valence-electron chi connectivity index (χ2n) is 5.82. The predicted octanol–water partition coefficient (Wildman–Crippen LogP) is 3.57. The molecule has 1 aliphatic heterocycles. The number of carbonyl (C=O) groups excluding carboxylic acids is 2. The van der Waals surface area contributed by atoms with Gasteiger partial charge >= 0.3 is 5.97 Å². The molecule has 1 atom stereocenters. The van der Waals surface area contributed by atoms with Gasteiger partial charge < -0.3 is 14.8 Å². The Morgan fingerprint density at radius 1 is 1.28 bits per heavy atom. The van der Waals surface area contributed by atoms with Crippen molar-refractivity contribution in [2.45, 2.75) is 43.9 Å². The van der Waals surface area contributed by atoms with Gasteiger partial charge in [-0.3, -0.25) is 9.59 Å². The summed E-state index contributed by atoms with van der Waals surface area (Å²) in [5.41, 5.74) is 0.882. The van der Waals surface area contributed by atoms with E-state index < -0.39 is 0 Å². The number of esters is 1. The quantitative estimate of drug-likeness (QED) is 0.379. The number of carbonyl (C=O) groups is 2. The van der Waals surface area contributed by atoms with E-state index in [0.29, 0.717) is 13.0 Å². The molecule has 0 aliphatic carbocycles. The van der Waals surface area contributed by atoms with Gasteiger partial charge in [0.2, 0.25) is 0 Å². The minimum Gasteiger partial charge on any atom is -0.496 e. The first kappa shape index (κ1) is 20.0. The van der Waals surface area contributed by atoms with Gasteiger partial charge in [-0.2, -0.15) is 0 Å². The Bertz CT molecular complexity index is 562. The van der Waals surface area contributed by atoms with Gasteiger partial charge in [0.1, 0.15) is 5.75 Å². The summed E-state index contributed by atoms with van der Waals surface area (Å²) in [6.45, 7) is 0.112. The first-order valence-electron chi connectivity index (χ1n) is 8.51. The topological polar surface area (TPSA) is 64.6 Å². The lowest BCUT2D eigenvalue weighted by atomic mass is 10.1. The summed E-state index contributed by atoms with van der Waals surface area (Å²) < 4.78 is 10.3. The van der Waals surface area contributed by atoms with E-state index in [1.165, 1.54) is 12.2 Å². The Labute approximate surface area is 157 Å². The van der Waals surface area contributed by atoms with E-state index in [1.54, 1.807) is 7.11 Å². The first-order valence-corrected chi connectivity index (χ1v) is 10.9. The third kappa shape index (κ3) is 7.61. The maximum absolute atomic E-state index is 11.8. The number of ether oxygens (including phenoxy) is 2. The fourth-order valence-electron chi connectivity index (χ4n) is 2.52. The van der Waals surface area contributed by atoms with Crippen molar-refractivity contribution in [1.29, 1.82) is 0 Å². The fraction of sp³-hybridized carbons (Fsp3) is 0.556. The van der Waals surface area contributed by atoms with Crippen molar-refractivity contribution in [2.75, 3.05) is 19.5 Å². The second kappa shape index (κ2) is 11.3. The van der Waals surface area contributed by atoms with Crippen LogP contribution in [-0.2, 0) is 20.9 Å². The lowest BCUT2D eigenvalue weighted by Crippen LogP contribution is -2.28. The van der Waals surface area contributed by atoms with Crippen molar-refractivity contribution in [3.8, 4) is 5.75 Å². The molecule has 1 aliphatic rings. The van der Waals surface area contributed by atoms with E-state index in [-0.39, 0.29) is 18.5 Å². The lowest BCUT2D eigenvalue weighted by Gasteiger charge is -2.10. The van der Waals surface area contributed by atoms with E-state index in [9.17, 15) is 9.59 Å². The molecule has 7 heteroatoms. The van der Waals surface area contributed by atoms with Crippen LogP contribution in [0.4, 0.5) is 0 Å². The standard InChI is InChI=1S/C18H25NO4S2/c1-22-16-8-4-2-6-14(16)12-19-17(20)13-23-18(21)9-5-3-7-15-10-11-24-25-15/h2,4,6,8,15H,3,5,7,9-13H2,1H3,(H,19,20)/t15-/m0/s1. The molecule has 5 nitrogen and oxygen atoms in total. The predicted molar refractivity (Wildman–Crippen MR) is 103 cm³/mol. The number of unbranched alkanes of at least 4 members (excludes halogenated alkanes) is 1. The SMILES string of the molecule is COc1ccccc1CNC(=O)COC(=O)CCCC[C@H]1CCSS1. The van der Waals surface area contributed by atoms with Crippen molar-refractivity contribution in [3.05, 3.63) is 29.8 Å². The van der Waals surface area contributed by atoms with Crippen LogP contribution in [0.3, 0.4) is 0 Å². The van der Waals surface area contributed by atoms with Crippen LogP contribution in [0.5, 0.6) is 5.75 Å². The molecular formula is C18H25NO4S2. The summed E-state index contributed by atoms with van der Waals surface area (Å²) in [5.74, 6) is 1.35. The zero-order chi connectivity index (χ0) is 17.9. The minimum atomic E-state index is -0.307. The van der Waals surface area contributed by atoms with Gasteiger partial charge in [-0.05, 0) is 25.3 Å².